The Kier molecular flexibility index (Phi) is 4.01. The number of pyridine rings is 1. The van der Waals surface area contributed by atoms with Crippen LogP contribution in [0.1, 0.15) is 23.8 Å². The molecule has 0 saturated carbocycles. The summed E-state index contributed by atoms with van der Waals surface area (Å²) >= 11 is 0. The SMILES string of the molecule is CCCNc1cccc(C(=O)Nc2nnn(C)n2)n1. The number of hydrogen-bond donors (Lipinski definition) is 2. The van der Waals surface area contributed by atoms with Gasteiger partial charge in [0.1, 0.15) is 11.5 Å². The van der Waals surface area contributed by atoms with Crippen LogP contribution in [0.15, 0.2) is 18.2 Å². The van der Waals surface area contributed by atoms with Gasteiger partial charge in [0.2, 0.25) is 0 Å². The lowest BCUT2D eigenvalue weighted by Crippen LogP contribution is -2.15. The lowest BCUT2D eigenvalue weighted by atomic mass is 10.3. The second kappa shape index (κ2) is 5.89. The molecule has 0 aromatic carbocycles. The molecule has 0 aliphatic heterocycles. The Morgan fingerprint density at radius 1 is 1.42 bits per heavy atom. The monoisotopic (exact) mass is 261 g/mol. The zero-order valence-electron chi connectivity index (χ0n) is 10.8. The van der Waals surface area contributed by atoms with Crippen molar-refractivity contribution in [3.8, 4) is 0 Å². The van der Waals surface area contributed by atoms with Crippen molar-refractivity contribution in [3.05, 3.63) is 23.9 Å². The van der Waals surface area contributed by atoms with Gasteiger partial charge in [-0.3, -0.25) is 10.1 Å². The van der Waals surface area contributed by atoms with Crippen LogP contribution in [0.3, 0.4) is 0 Å². The van der Waals surface area contributed by atoms with E-state index in [1.54, 1.807) is 19.2 Å². The van der Waals surface area contributed by atoms with E-state index in [0.29, 0.717) is 11.5 Å². The van der Waals surface area contributed by atoms with Crippen molar-refractivity contribution in [3.63, 3.8) is 0 Å². The summed E-state index contributed by atoms with van der Waals surface area (Å²) in [7, 11) is 1.62. The van der Waals surface area contributed by atoms with Gasteiger partial charge in [0, 0.05) is 6.54 Å². The van der Waals surface area contributed by atoms with E-state index in [4.69, 9.17) is 0 Å². The van der Waals surface area contributed by atoms with E-state index in [9.17, 15) is 4.79 Å². The first-order chi connectivity index (χ1) is 9.19. The molecule has 19 heavy (non-hydrogen) atoms. The van der Waals surface area contributed by atoms with Gasteiger partial charge < -0.3 is 5.32 Å². The van der Waals surface area contributed by atoms with Gasteiger partial charge in [-0.05, 0) is 23.8 Å². The molecule has 0 radical (unpaired) electrons. The number of nitrogens with one attached hydrogen (secondary N) is 2. The van der Waals surface area contributed by atoms with Crippen LogP contribution in [0, 0.1) is 0 Å². The quantitative estimate of drug-likeness (QED) is 0.821. The maximum absolute atomic E-state index is 11.9. The first-order valence-electron chi connectivity index (χ1n) is 5.95. The molecule has 0 atom stereocenters. The topological polar surface area (TPSA) is 97.6 Å². The van der Waals surface area contributed by atoms with Gasteiger partial charge in [-0.1, -0.05) is 18.1 Å². The molecule has 8 nitrogen and oxygen atoms in total. The Hall–Kier alpha value is -2.51. The number of amides is 1. The van der Waals surface area contributed by atoms with Crippen molar-refractivity contribution >= 4 is 17.7 Å². The molecular weight excluding hydrogens is 246 g/mol. The van der Waals surface area contributed by atoms with Crippen LogP contribution >= 0.6 is 0 Å². The summed E-state index contributed by atoms with van der Waals surface area (Å²) in [5.74, 6) is 0.455. The van der Waals surface area contributed by atoms with Crippen LogP contribution in [-0.4, -0.2) is 37.6 Å². The summed E-state index contributed by atoms with van der Waals surface area (Å²) in [5.41, 5.74) is 0.300. The third-order valence-corrected chi connectivity index (χ3v) is 2.27. The zero-order valence-corrected chi connectivity index (χ0v) is 10.8. The van der Waals surface area contributed by atoms with Gasteiger partial charge in [0.15, 0.2) is 0 Å². The van der Waals surface area contributed by atoms with E-state index in [-0.39, 0.29) is 11.9 Å². The maximum Gasteiger partial charge on any atom is 0.276 e. The predicted octanol–water partition coefficient (Wildman–Crippen LogP) is 0.679. The molecule has 2 N–H and O–H groups in total. The number of aryl methyl sites for hydroxylation is 1. The number of nitrogens with zero attached hydrogens (tertiary/aromatic N) is 5. The van der Waals surface area contributed by atoms with Gasteiger partial charge in [0.05, 0.1) is 7.05 Å². The second-order valence-electron chi connectivity index (χ2n) is 3.89. The van der Waals surface area contributed by atoms with Crippen molar-refractivity contribution in [2.24, 2.45) is 7.05 Å². The molecule has 0 aliphatic carbocycles. The third kappa shape index (κ3) is 3.47. The Bertz CT molecular complexity index is 566. The minimum Gasteiger partial charge on any atom is -0.370 e. The van der Waals surface area contributed by atoms with Crippen molar-refractivity contribution in [1.82, 2.24) is 25.2 Å². The lowest BCUT2D eigenvalue weighted by molar-refractivity contribution is 0.102. The minimum absolute atomic E-state index is 0.154. The number of anilines is 2. The van der Waals surface area contributed by atoms with Gasteiger partial charge in [0.25, 0.3) is 11.9 Å². The maximum atomic E-state index is 11.9. The third-order valence-electron chi connectivity index (χ3n) is 2.27. The fraction of sp³-hybridized carbons (Fsp3) is 0.364. The normalized spacial score (nSPS) is 10.2. The van der Waals surface area contributed by atoms with E-state index in [0.717, 1.165) is 13.0 Å². The van der Waals surface area contributed by atoms with Gasteiger partial charge >= 0.3 is 0 Å². The van der Waals surface area contributed by atoms with E-state index in [1.807, 2.05) is 6.07 Å². The molecule has 0 fully saturated rings. The number of rotatable bonds is 5. The van der Waals surface area contributed by atoms with E-state index >= 15 is 0 Å². The molecule has 2 heterocycles. The Morgan fingerprint density at radius 3 is 2.95 bits per heavy atom. The summed E-state index contributed by atoms with van der Waals surface area (Å²) in [6, 6.07) is 5.21. The molecule has 0 bridgehead atoms. The van der Waals surface area contributed by atoms with Gasteiger partial charge in [-0.15, -0.1) is 5.10 Å². The van der Waals surface area contributed by atoms with Crippen molar-refractivity contribution in [2.75, 3.05) is 17.2 Å². The highest BCUT2D eigenvalue weighted by Crippen LogP contribution is 2.06. The first kappa shape index (κ1) is 12.9. The van der Waals surface area contributed by atoms with Crippen LogP contribution in [0.4, 0.5) is 11.8 Å². The van der Waals surface area contributed by atoms with Crippen LogP contribution in [-0.2, 0) is 7.05 Å². The van der Waals surface area contributed by atoms with E-state index in [1.165, 1.54) is 4.80 Å². The first-order valence-corrected chi connectivity index (χ1v) is 5.95. The number of carbonyl (C=O) groups is 1. The molecule has 0 unspecified atom stereocenters. The highest BCUT2D eigenvalue weighted by molar-refractivity contribution is 6.01. The number of aromatic nitrogens is 5. The summed E-state index contributed by atoms with van der Waals surface area (Å²) in [4.78, 5) is 17.4. The average molecular weight is 261 g/mol. The molecule has 2 aromatic rings. The Balaban J connectivity index is 2.06. The van der Waals surface area contributed by atoms with Crippen LogP contribution < -0.4 is 10.6 Å². The van der Waals surface area contributed by atoms with Crippen LogP contribution in [0.5, 0.6) is 0 Å². The molecule has 8 heteroatoms. The Morgan fingerprint density at radius 2 is 2.26 bits per heavy atom. The van der Waals surface area contributed by atoms with Gasteiger partial charge in [-0.25, -0.2) is 4.98 Å². The number of carbonyl (C=O) groups excluding carboxylic acids is 1. The van der Waals surface area contributed by atoms with E-state index in [2.05, 4.69) is 38.0 Å². The largest absolute Gasteiger partial charge is 0.370 e. The molecule has 0 saturated heterocycles. The summed E-state index contributed by atoms with van der Waals surface area (Å²) in [6.45, 7) is 2.87. The fourth-order valence-corrected chi connectivity index (χ4v) is 1.41. The average Bonchev–Trinajstić information content (AvgIpc) is 2.82. The highest BCUT2D eigenvalue weighted by atomic mass is 16.2. The van der Waals surface area contributed by atoms with Crippen molar-refractivity contribution < 1.29 is 4.79 Å². The van der Waals surface area contributed by atoms with E-state index < -0.39 is 0 Å². The van der Waals surface area contributed by atoms with Crippen LogP contribution in [0.25, 0.3) is 0 Å². The predicted molar refractivity (Wildman–Crippen MR) is 69.8 cm³/mol. The van der Waals surface area contributed by atoms with Gasteiger partial charge in [-0.2, -0.15) is 4.80 Å². The summed E-state index contributed by atoms with van der Waals surface area (Å²) in [5, 5.41) is 16.8. The molecular formula is C11H15N7O. The molecule has 0 aliphatic rings. The minimum atomic E-state index is -0.367. The van der Waals surface area contributed by atoms with Crippen molar-refractivity contribution in [2.45, 2.75) is 13.3 Å². The fourth-order valence-electron chi connectivity index (χ4n) is 1.41. The Labute approximate surface area is 110 Å². The summed E-state index contributed by atoms with van der Waals surface area (Å²) in [6.07, 6.45) is 0.988. The molecule has 1 amide bonds. The van der Waals surface area contributed by atoms with Crippen molar-refractivity contribution in [1.29, 1.82) is 0 Å². The number of hydrogen-bond acceptors (Lipinski definition) is 6. The van der Waals surface area contributed by atoms with Crippen LogP contribution in [0.2, 0.25) is 0 Å². The smallest absolute Gasteiger partial charge is 0.276 e. The lowest BCUT2D eigenvalue weighted by Gasteiger charge is -2.05. The molecule has 100 valence electrons. The number of tetrazole rings is 1. The zero-order chi connectivity index (χ0) is 13.7. The highest BCUT2D eigenvalue weighted by Gasteiger charge is 2.11. The summed E-state index contributed by atoms with van der Waals surface area (Å²) < 4.78 is 0. The molecule has 0 spiro atoms. The standard InChI is InChI=1S/C11H15N7O/c1-3-7-12-9-6-4-5-8(13-9)10(19)14-11-15-17-18(2)16-11/h4-6H,3,7H2,1-2H3,(H,12,13)(H,14,16,19). The molecule has 2 aromatic heterocycles. The second-order valence-corrected chi connectivity index (χ2v) is 3.89. The molecule has 2 rings (SSSR count).